The predicted molar refractivity (Wildman–Crippen MR) is 218 cm³/mol. The maximum Gasteiger partial charge on any atom is 0.251 e. The third kappa shape index (κ3) is 8.83. The van der Waals surface area contributed by atoms with Crippen LogP contribution in [0.3, 0.4) is 0 Å². The number of benzene rings is 2. The third-order valence-electron chi connectivity index (χ3n) is 12.9. The van der Waals surface area contributed by atoms with Crippen LogP contribution in [0.2, 0.25) is 0 Å². The highest BCUT2D eigenvalue weighted by Gasteiger charge is 2.57. The molecule has 3 saturated carbocycles. The molecule has 9 atom stereocenters. The molecule has 0 spiro atoms. The number of carbonyl (C=O) groups is 2. The summed E-state index contributed by atoms with van der Waals surface area (Å²) in [6, 6.07) is 11.1. The first-order valence-corrected chi connectivity index (χ1v) is 20.1. The van der Waals surface area contributed by atoms with Crippen molar-refractivity contribution in [1.29, 1.82) is 0 Å². The van der Waals surface area contributed by atoms with Gasteiger partial charge in [-0.2, -0.15) is 5.06 Å². The molecule has 2 aromatic carbocycles. The molecular formula is C44H61FN6O6. The van der Waals surface area contributed by atoms with Crippen molar-refractivity contribution >= 4 is 17.5 Å². The summed E-state index contributed by atoms with van der Waals surface area (Å²) >= 11 is 0. The molecule has 1 saturated heterocycles. The van der Waals surface area contributed by atoms with E-state index in [9.17, 15) is 19.8 Å². The van der Waals surface area contributed by atoms with Gasteiger partial charge in [0, 0.05) is 73.4 Å². The zero-order valence-corrected chi connectivity index (χ0v) is 34.8. The van der Waals surface area contributed by atoms with Gasteiger partial charge in [0.25, 0.3) is 5.91 Å². The number of methoxy groups -OCH3 is 1. The fourth-order valence-corrected chi connectivity index (χ4v) is 9.68. The lowest BCUT2D eigenvalue weighted by atomic mass is 9.45. The number of ether oxygens (including phenoxy) is 1. The SMILES string of the molecule is COc1c(-c2cc(C(=O)N[C@@H](Cc3cccnc3)CN(C)C)cc(N(C)C)c2)ccc(F)c1CN1O[C@@H](CO)[C@H]([C@H](C)O)[C@H]1C(=O)N[C@H]1C[C@H]2C[C@@H]([C@@H]1C)C2(C)C. The maximum atomic E-state index is 16.1. The highest BCUT2D eigenvalue weighted by molar-refractivity contribution is 5.97. The van der Waals surface area contributed by atoms with E-state index >= 15 is 4.39 Å². The number of amides is 2. The molecule has 12 nitrogen and oxygen atoms in total. The van der Waals surface area contributed by atoms with Crippen molar-refractivity contribution < 1.29 is 33.8 Å². The van der Waals surface area contributed by atoms with Crippen LogP contribution in [-0.4, -0.2) is 116 Å². The Morgan fingerprint density at radius 1 is 1.14 bits per heavy atom. The normalized spacial score (nSPS) is 26.4. The molecule has 2 amide bonds. The van der Waals surface area contributed by atoms with Crippen molar-refractivity contribution in [2.75, 3.05) is 53.4 Å². The zero-order chi connectivity index (χ0) is 41.3. The lowest BCUT2D eigenvalue weighted by molar-refractivity contribution is -0.183. The minimum absolute atomic E-state index is 0.0440. The van der Waals surface area contributed by atoms with Gasteiger partial charge in [-0.15, -0.1) is 0 Å². The molecule has 1 aromatic heterocycles. The highest BCUT2D eigenvalue weighted by Crippen LogP contribution is 2.61. The van der Waals surface area contributed by atoms with Crippen LogP contribution in [0.4, 0.5) is 10.1 Å². The summed E-state index contributed by atoms with van der Waals surface area (Å²) in [5.41, 5.74) is 3.71. The summed E-state index contributed by atoms with van der Waals surface area (Å²) < 4.78 is 22.0. The average molecular weight is 789 g/mol. The molecule has 2 heterocycles. The average Bonchev–Trinajstić information content (AvgIpc) is 3.54. The van der Waals surface area contributed by atoms with Crippen LogP contribution in [-0.2, 0) is 22.6 Å². The molecule has 1 aliphatic heterocycles. The van der Waals surface area contributed by atoms with Gasteiger partial charge in [-0.25, -0.2) is 4.39 Å². The minimum Gasteiger partial charge on any atom is -0.496 e. The number of aliphatic hydroxyl groups is 2. The van der Waals surface area contributed by atoms with Gasteiger partial charge < -0.3 is 35.4 Å². The Kier molecular flexibility index (Phi) is 12.9. The minimum atomic E-state index is -1.01. The standard InChI is InChI=1S/C44H61FN6O6/c1-25-35-19-30(44(35,3)4)20-37(25)48-43(55)40-39(26(2)53)38(24-52)57-51(40)23-34-36(45)13-12-33(41(34)56-9)28-16-29(18-32(17-28)50(7)8)42(54)47-31(22-49(5)6)15-27-11-10-14-46-21-27/h10-14,16-18,21,25-26,30-31,35,37-40,52-53H,15,19-20,22-24H2,1-9H3,(H,47,54)(H,48,55)/t25-,26-,30+,31-,35-,37-,38-,39-,40-/m0/s1. The van der Waals surface area contributed by atoms with Crippen LogP contribution < -0.4 is 20.3 Å². The van der Waals surface area contributed by atoms with Crippen molar-refractivity contribution in [3.8, 4) is 16.9 Å². The predicted octanol–water partition coefficient (Wildman–Crippen LogP) is 4.53. The van der Waals surface area contributed by atoms with Crippen LogP contribution in [0, 0.1) is 34.9 Å². The molecule has 7 rings (SSSR count). The number of nitrogens with zero attached hydrogens (tertiary/aromatic N) is 4. The first-order chi connectivity index (χ1) is 27.0. The monoisotopic (exact) mass is 788 g/mol. The van der Waals surface area contributed by atoms with E-state index in [2.05, 4.69) is 36.4 Å². The first-order valence-electron chi connectivity index (χ1n) is 20.1. The first kappa shape index (κ1) is 42.5. The number of nitrogens with one attached hydrogen (secondary N) is 2. The van der Waals surface area contributed by atoms with Crippen molar-refractivity contribution in [3.63, 3.8) is 0 Å². The van der Waals surface area contributed by atoms with Crippen LogP contribution >= 0.6 is 0 Å². The number of hydrogen-bond acceptors (Lipinski definition) is 10. The Balaban J connectivity index is 1.31. The van der Waals surface area contributed by atoms with Gasteiger partial charge >= 0.3 is 0 Å². The van der Waals surface area contributed by atoms with E-state index in [1.165, 1.54) is 18.2 Å². The van der Waals surface area contributed by atoms with E-state index in [0.29, 0.717) is 41.5 Å². The number of anilines is 1. The van der Waals surface area contributed by atoms with Crippen LogP contribution in [0.1, 0.15) is 62.0 Å². The maximum absolute atomic E-state index is 16.1. The molecule has 0 radical (unpaired) electrons. The molecule has 2 bridgehead atoms. The summed E-state index contributed by atoms with van der Waals surface area (Å²) in [6.07, 6.45) is 4.25. The zero-order valence-electron chi connectivity index (χ0n) is 34.8. The third-order valence-corrected chi connectivity index (χ3v) is 12.9. The molecule has 4 fully saturated rings. The van der Waals surface area contributed by atoms with Gasteiger partial charge in [0.15, 0.2) is 0 Å². The van der Waals surface area contributed by atoms with E-state index in [1.54, 1.807) is 31.5 Å². The van der Waals surface area contributed by atoms with Crippen molar-refractivity contribution in [1.82, 2.24) is 25.6 Å². The number of halogens is 1. The highest BCUT2D eigenvalue weighted by atomic mass is 19.1. The molecule has 4 N–H and O–H groups in total. The number of pyridine rings is 1. The Morgan fingerprint density at radius 2 is 1.89 bits per heavy atom. The van der Waals surface area contributed by atoms with Gasteiger partial charge in [0.05, 0.1) is 26.4 Å². The molecule has 4 aliphatic rings. The summed E-state index contributed by atoms with van der Waals surface area (Å²) in [6.45, 7) is 8.34. The lowest BCUT2D eigenvalue weighted by Gasteiger charge is -2.62. The number of rotatable bonds is 15. The van der Waals surface area contributed by atoms with E-state index in [4.69, 9.17) is 9.57 Å². The van der Waals surface area contributed by atoms with Crippen molar-refractivity contribution in [2.45, 2.75) is 83.8 Å². The smallest absolute Gasteiger partial charge is 0.251 e. The van der Waals surface area contributed by atoms with Crippen LogP contribution in [0.15, 0.2) is 54.9 Å². The summed E-state index contributed by atoms with van der Waals surface area (Å²) in [5, 5.41) is 29.2. The summed E-state index contributed by atoms with van der Waals surface area (Å²) in [7, 11) is 9.14. The van der Waals surface area contributed by atoms with Gasteiger partial charge in [-0.3, -0.25) is 19.4 Å². The molecule has 3 aromatic rings. The second-order valence-corrected chi connectivity index (χ2v) is 17.5. The van der Waals surface area contributed by atoms with E-state index in [0.717, 1.165) is 24.1 Å². The second-order valence-electron chi connectivity index (χ2n) is 17.5. The van der Waals surface area contributed by atoms with E-state index < -0.39 is 36.6 Å². The Bertz CT molecular complexity index is 1890. The fraction of sp³-hybridized carbons (Fsp3) is 0.568. The van der Waals surface area contributed by atoms with E-state index in [1.807, 2.05) is 62.3 Å². The second kappa shape index (κ2) is 17.4. The number of carbonyl (C=O) groups excluding carboxylic acids is 2. The largest absolute Gasteiger partial charge is 0.496 e. The molecule has 3 aliphatic carbocycles. The van der Waals surface area contributed by atoms with Gasteiger partial charge in [-0.1, -0.05) is 26.8 Å². The topological polar surface area (TPSA) is 140 Å². The molecule has 310 valence electrons. The quantitative estimate of drug-likeness (QED) is 0.174. The summed E-state index contributed by atoms with van der Waals surface area (Å²) in [5.74, 6) is -0.440. The number of hydroxylamine groups is 2. The molecule has 13 heteroatoms. The van der Waals surface area contributed by atoms with Gasteiger partial charge in [-0.05, 0) is 111 Å². The summed E-state index contributed by atoms with van der Waals surface area (Å²) in [4.78, 5) is 42.6. The number of fused-ring (bicyclic) bond motifs is 2. The molecular weight excluding hydrogens is 728 g/mol. The number of aromatic nitrogens is 1. The van der Waals surface area contributed by atoms with Crippen molar-refractivity contribution in [3.05, 3.63) is 77.4 Å². The Hall–Kier alpha value is -4.14. The van der Waals surface area contributed by atoms with Gasteiger partial charge in [0.1, 0.15) is 23.7 Å². The molecule has 57 heavy (non-hydrogen) atoms. The van der Waals surface area contributed by atoms with Crippen LogP contribution in [0.5, 0.6) is 5.75 Å². The van der Waals surface area contributed by atoms with E-state index in [-0.39, 0.29) is 53.1 Å². The Labute approximate surface area is 336 Å². The number of aliphatic hydroxyl groups excluding tert-OH is 2. The van der Waals surface area contributed by atoms with Crippen LogP contribution in [0.25, 0.3) is 11.1 Å². The molecule has 0 unspecified atom stereocenters. The Morgan fingerprint density at radius 3 is 2.49 bits per heavy atom. The fourth-order valence-electron chi connectivity index (χ4n) is 9.68. The van der Waals surface area contributed by atoms with Crippen molar-refractivity contribution in [2.24, 2.45) is 29.1 Å². The lowest BCUT2D eigenvalue weighted by Crippen LogP contribution is -2.62. The van der Waals surface area contributed by atoms with Gasteiger partial charge in [0.2, 0.25) is 5.91 Å². The number of likely N-dealkylation sites (N-methyl/N-ethyl adjacent to an activating group) is 1. The number of hydrogen-bond donors (Lipinski definition) is 4.